The Morgan fingerprint density at radius 3 is 2.48 bits per heavy atom. The van der Waals surface area contributed by atoms with Gasteiger partial charge in [0.15, 0.2) is 17.5 Å². The van der Waals surface area contributed by atoms with E-state index in [1.54, 1.807) is 0 Å². The van der Waals surface area contributed by atoms with Crippen LogP contribution < -0.4 is 10.6 Å². The molecule has 0 spiro atoms. The van der Waals surface area contributed by atoms with Crippen LogP contribution in [0, 0.1) is 23.4 Å². The molecular formula is C15H15F3N4O. The van der Waals surface area contributed by atoms with Gasteiger partial charge in [-0.3, -0.25) is 4.79 Å². The summed E-state index contributed by atoms with van der Waals surface area (Å²) in [6.07, 6.45) is 2.40. The highest BCUT2D eigenvalue weighted by atomic mass is 19.2. The van der Waals surface area contributed by atoms with E-state index in [2.05, 4.69) is 20.6 Å². The summed E-state index contributed by atoms with van der Waals surface area (Å²) in [6.45, 7) is 4.41. The molecule has 1 aromatic carbocycles. The smallest absolute Gasteiger partial charge is 0.271 e. The zero-order valence-electron chi connectivity index (χ0n) is 12.5. The van der Waals surface area contributed by atoms with Crippen LogP contribution in [0.2, 0.25) is 0 Å². The van der Waals surface area contributed by atoms with Crippen molar-refractivity contribution in [3.63, 3.8) is 0 Å². The molecule has 0 bridgehead atoms. The molecule has 1 aromatic heterocycles. The largest absolute Gasteiger partial charge is 0.350 e. The molecule has 8 heteroatoms. The summed E-state index contributed by atoms with van der Waals surface area (Å²) in [5.41, 5.74) is -0.183. The van der Waals surface area contributed by atoms with Crippen LogP contribution >= 0.6 is 0 Å². The van der Waals surface area contributed by atoms with Crippen LogP contribution in [0.4, 0.5) is 24.7 Å². The molecule has 0 aliphatic heterocycles. The van der Waals surface area contributed by atoms with Gasteiger partial charge in [-0.1, -0.05) is 13.8 Å². The molecule has 0 unspecified atom stereocenters. The van der Waals surface area contributed by atoms with E-state index in [1.165, 1.54) is 12.4 Å². The Bertz CT molecular complexity index is 705. The van der Waals surface area contributed by atoms with Gasteiger partial charge in [-0.25, -0.2) is 23.1 Å². The molecule has 0 radical (unpaired) electrons. The number of halogens is 3. The van der Waals surface area contributed by atoms with Crippen molar-refractivity contribution in [1.29, 1.82) is 0 Å². The van der Waals surface area contributed by atoms with Gasteiger partial charge in [0.2, 0.25) is 0 Å². The van der Waals surface area contributed by atoms with Gasteiger partial charge in [-0.2, -0.15) is 0 Å². The molecule has 2 rings (SSSR count). The van der Waals surface area contributed by atoms with Crippen molar-refractivity contribution in [2.75, 3.05) is 11.9 Å². The van der Waals surface area contributed by atoms with Gasteiger partial charge in [-0.05, 0) is 18.1 Å². The van der Waals surface area contributed by atoms with Crippen LogP contribution in [0.15, 0.2) is 24.5 Å². The maximum Gasteiger partial charge on any atom is 0.271 e. The number of aromatic nitrogens is 2. The van der Waals surface area contributed by atoms with Crippen LogP contribution in [0.5, 0.6) is 0 Å². The topological polar surface area (TPSA) is 66.9 Å². The Labute approximate surface area is 131 Å². The van der Waals surface area contributed by atoms with Crippen molar-refractivity contribution in [3.8, 4) is 0 Å². The van der Waals surface area contributed by atoms with Crippen LogP contribution in [0.3, 0.4) is 0 Å². The number of carbonyl (C=O) groups is 1. The van der Waals surface area contributed by atoms with Gasteiger partial charge in [0.25, 0.3) is 5.91 Å². The molecule has 0 fully saturated rings. The second kappa shape index (κ2) is 7.08. The maximum atomic E-state index is 13.5. The van der Waals surface area contributed by atoms with Crippen molar-refractivity contribution in [2.45, 2.75) is 13.8 Å². The average molecular weight is 324 g/mol. The van der Waals surface area contributed by atoms with E-state index in [0.717, 1.165) is 12.1 Å². The standard InChI is InChI=1S/C15H15F3N4O/c1-8(2)5-21-15(23)11-6-20-12(7-19-11)22-10-4-3-9(16)13(17)14(10)18/h3-4,6-8H,5H2,1-2H3,(H,20,22)(H,21,23). The van der Waals surface area contributed by atoms with Crippen LogP contribution in [-0.2, 0) is 0 Å². The Kier molecular flexibility index (Phi) is 5.15. The first-order chi connectivity index (χ1) is 10.9. The van der Waals surface area contributed by atoms with E-state index < -0.39 is 17.5 Å². The summed E-state index contributed by atoms with van der Waals surface area (Å²) in [6, 6.07) is 1.83. The minimum absolute atomic E-state index is 0.0929. The number of nitrogens with zero attached hydrogens (tertiary/aromatic N) is 2. The number of hydrogen-bond donors (Lipinski definition) is 2. The molecule has 2 N–H and O–H groups in total. The normalized spacial score (nSPS) is 10.7. The number of nitrogens with one attached hydrogen (secondary N) is 2. The van der Waals surface area contributed by atoms with Crippen LogP contribution in [-0.4, -0.2) is 22.4 Å². The molecule has 0 saturated heterocycles. The van der Waals surface area contributed by atoms with E-state index in [-0.39, 0.29) is 23.1 Å². The molecule has 5 nitrogen and oxygen atoms in total. The lowest BCUT2D eigenvalue weighted by atomic mass is 10.2. The molecule has 2 aromatic rings. The lowest BCUT2D eigenvalue weighted by Gasteiger charge is -2.09. The Hall–Kier alpha value is -2.64. The second-order valence-electron chi connectivity index (χ2n) is 5.24. The molecule has 0 aliphatic rings. The molecule has 122 valence electrons. The third kappa shape index (κ3) is 4.18. The molecule has 1 amide bonds. The van der Waals surface area contributed by atoms with Gasteiger partial charge in [-0.15, -0.1) is 0 Å². The monoisotopic (exact) mass is 324 g/mol. The first kappa shape index (κ1) is 16.7. The Morgan fingerprint density at radius 1 is 1.13 bits per heavy atom. The lowest BCUT2D eigenvalue weighted by Crippen LogP contribution is -2.28. The van der Waals surface area contributed by atoms with Crippen molar-refractivity contribution in [2.24, 2.45) is 5.92 Å². The maximum absolute atomic E-state index is 13.5. The number of rotatable bonds is 5. The highest BCUT2D eigenvalue weighted by Gasteiger charge is 2.14. The highest BCUT2D eigenvalue weighted by molar-refractivity contribution is 5.92. The van der Waals surface area contributed by atoms with E-state index >= 15 is 0 Å². The lowest BCUT2D eigenvalue weighted by molar-refractivity contribution is 0.0943. The summed E-state index contributed by atoms with van der Waals surface area (Å²) in [5, 5.41) is 5.15. The third-order valence-electron chi connectivity index (χ3n) is 2.85. The van der Waals surface area contributed by atoms with Gasteiger partial charge in [0.1, 0.15) is 11.5 Å². The van der Waals surface area contributed by atoms with Crippen LogP contribution in [0.1, 0.15) is 24.3 Å². The van der Waals surface area contributed by atoms with E-state index in [0.29, 0.717) is 12.5 Å². The van der Waals surface area contributed by atoms with E-state index in [4.69, 9.17) is 0 Å². The quantitative estimate of drug-likeness (QED) is 0.830. The van der Waals surface area contributed by atoms with Gasteiger partial charge < -0.3 is 10.6 Å². The first-order valence-corrected chi connectivity index (χ1v) is 6.89. The summed E-state index contributed by atoms with van der Waals surface area (Å²) in [4.78, 5) is 19.6. The predicted molar refractivity (Wildman–Crippen MR) is 78.8 cm³/mol. The summed E-state index contributed by atoms with van der Waals surface area (Å²) in [5.74, 6) is -4.20. The molecule has 0 aliphatic carbocycles. The molecule has 0 saturated carbocycles. The minimum atomic E-state index is -1.58. The van der Waals surface area contributed by atoms with E-state index in [9.17, 15) is 18.0 Å². The number of hydrogen-bond acceptors (Lipinski definition) is 4. The molecule has 0 atom stereocenters. The van der Waals surface area contributed by atoms with Crippen molar-refractivity contribution >= 4 is 17.4 Å². The zero-order chi connectivity index (χ0) is 17.0. The highest BCUT2D eigenvalue weighted by Crippen LogP contribution is 2.22. The number of amides is 1. The molecule has 23 heavy (non-hydrogen) atoms. The fourth-order valence-electron chi connectivity index (χ4n) is 1.66. The van der Waals surface area contributed by atoms with Crippen molar-refractivity contribution in [1.82, 2.24) is 15.3 Å². The van der Waals surface area contributed by atoms with Crippen LogP contribution in [0.25, 0.3) is 0 Å². The van der Waals surface area contributed by atoms with Crippen molar-refractivity contribution in [3.05, 3.63) is 47.7 Å². The fraction of sp³-hybridized carbons (Fsp3) is 0.267. The second-order valence-corrected chi connectivity index (χ2v) is 5.24. The Balaban J connectivity index is 2.09. The van der Waals surface area contributed by atoms with Crippen molar-refractivity contribution < 1.29 is 18.0 Å². The summed E-state index contributed by atoms with van der Waals surface area (Å²) < 4.78 is 39.5. The first-order valence-electron chi connectivity index (χ1n) is 6.89. The molecular weight excluding hydrogens is 309 g/mol. The number of carbonyl (C=O) groups excluding carboxylic acids is 1. The number of benzene rings is 1. The van der Waals surface area contributed by atoms with Gasteiger partial charge in [0.05, 0.1) is 18.1 Å². The van der Waals surface area contributed by atoms with E-state index in [1.807, 2.05) is 13.8 Å². The number of anilines is 2. The third-order valence-corrected chi connectivity index (χ3v) is 2.85. The fourth-order valence-corrected chi connectivity index (χ4v) is 1.66. The molecule has 1 heterocycles. The SMILES string of the molecule is CC(C)CNC(=O)c1cnc(Nc2ccc(F)c(F)c2F)cn1. The Morgan fingerprint density at radius 2 is 1.87 bits per heavy atom. The minimum Gasteiger partial charge on any atom is -0.350 e. The average Bonchev–Trinajstić information content (AvgIpc) is 2.54. The zero-order valence-corrected chi connectivity index (χ0v) is 12.5. The predicted octanol–water partition coefficient (Wildman–Crippen LogP) is 3.02. The van der Waals surface area contributed by atoms with Gasteiger partial charge >= 0.3 is 0 Å². The summed E-state index contributed by atoms with van der Waals surface area (Å²) >= 11 is 0. The van der Waals surface area contributed by atoms with Gasteiger partial charge in [0, 0.05) is 6.54 Å². The summed E-state index contributed by atoms with van der Waals surface area (Å²) in [7, 11) is 0.